The highest BCUT2D eigenvalue weighted by Gasteiger charge is 2.23. The second-order valence-corrected chi connectivity index (χ2v) is 4.91. The molecule has 8 nitrogen and oxygen atoms in total. The van der Waals surface area contributed by atoms with Crippen molar-refractivity contribution in [2.45, 2.75) is 18.5 Å². The maximum atomic E-state index is 11.9. The first kappa shape index (κ1) is 15.8. The number of rotatable bonds is 6. The molecule has 0 aliphatic carbocycles. The number of hydrogen-bond donors (Lipinski definition) is 5. The first-order valence-electron chi connectivity index (χ1n) is 6.62. The first-order chi connectivity index (χ1) is 10.4. The van der Waals surface area contributed by atoms with Crippen LogP contribution in [0.3, 0.4) is 0 Å². The lowest BCUT2D eigenvalue weighted by molar-refractivity contribution is -0.143. The van der Waals surface area contributed by atoms with E-state index in [9.17, 15) is 14.8 Å². The average Bonchev–Trinajstić information content (AvgIpc) is 2.81. The van der Waals surface area contributed by atoms with Gasteiger partial charge in [0.2, 0.25) is 5.91 Å². The van der Waals surface area contributed by atoms with Crippen LogP contribution in [0.15, 0.2) is 30.5 Å². The maximum absolute atomic E-state index is 11.9. The third kappa shape index (κ3) is 3.18. The molecule has 0 spiro atoms. The van der Waals surface area contributed by atoms with Crippen LogP contribution in [0.2, 0.25) is 0 Å². The molecule has 0 saturated heterocycles. The minimum Gasteiger partial charge on any atom is -0.480 e. The highest BCUT2D eigenvalue weighted by atomic mass is 16.5. The summed E-state index contributed by atoms with van der Waals surface area (Å²) >= 11 is 0. The average molecular weight is 307 g/mol. The number of aliphatic carboxylic acids is 1. The highest BCUT2D eigenvalue weighted by Crippen LogP contribution is 2.21. The Morgan fingerprint density at radius 2 is 2.00 bits per heavy atom. The van der Waals surface area contributed by atoms with Gasteiger partial charge in [-0.15, -0.1) is 0 Å². The Bertz CT molecular complexity index is 697. The van der Waals surface area contributed by atoms with Crippen LogP contribution in [0.25, 0.3) is 10.9 Å². The number of carbonyl (C=O) groups is 2. The number of aliphatic hydroxyl groups excluding tert-OH is 1. The Hall–Kier alpha value is -2.58. The van der Waals surface area contributed by atoms with Gasteiger partial charge in [-0.2, -0.15) is 4.73 Å². The largest absolute Gasteiger partial charge is 0.480 e. The Kier molecular flexibility index (Phi) is 4.64. The third-order valence-electron chi connectivity index (χ3n) is 3.35. The summed E-state index contributed by atoms with van der Waals surface area (Å²) in [4.78, 5) is 22.7. The molecule has 0 bridgehead atoms. The molecule has 8 heteroatoms. The Balaban J connectivity index is 2.12. The van der Waals surface area contributed by atoms with Crippen molar-refractivity contribution < 1.29 is 25.0 Å². The molecule has 118 valence electrons. The van der Waals surface area contributed by atoms with E-state index in [1.165, 1.54) is 6.20 Å². The summed E-state index contributed by atoms with van der Waals surface area (Å²) in [7, 11) is 0. The molecule has 1 heterocycles. The van der Waals surface area contributed by atoms with Crippen molar-refractivity contribution in [3.63, 3.8) is 0 Å². The fourth-order valence-corrected chi connectivity index (χ4v) is 2.19. The molecule has 2 aromatic rings. The lowest BCUT2D eigenvalue weighted by Gasteiger charge is -2.15. The van der Waals surface area contributed by atoms with Gasteiger partial charge in [0.25, 0.3) is 0 Å². The van der Waals surface area contributed by atoms with Crippen LogP contribution in [-0.2, 0) is 16.0 Å². The van der Waals surface area contributed by atoms with Gasteiger partial charge in [-0.25, -0.2) is 4.79 Å². The van der Waals surface area contributed by atoms with Crippen molar-refractivity contribution in [3.05, 3.63) is 36.0 Å². The number of para-hydroxylation sites is 1. The zero-order valence-electron chi connectivity index (χ0n) is 11.6. The summed E-state index contributed by atoms with van der Waals surface area (Å²) in [5.41, 5.74) is 7.03. The highest BCUT2D eigenvalue weighted by molar-refractivity contribution is 5.88. The first-order valence-corrected chi connectivity index (χ1v) is 6.62. The van der Waals surface area contributed by atoms with E-state index >= 15 is 0 Å². The molecule has 1 aromatic carbocycles. The number of nitrogens with zero attached hydrogens (tertiary/aromatic N) is 1. The topological polar surface area (TPSA) is 138 Å². The SMILES string of the molecule is NC(Cc1cn(O)c2ccccc12)C(=O)N[C@@H](CO)C(=O)O. The maximum Gasteiger partial charge on any atom is 0.328 e. The fraction of sp³-hybridized carbons (Fsp3) is 0.286. The van der Waals surface area contributed by atoms with Crippen molar-refractivity contribution >= 4 is 22.8 Å². The minimum absolute atomic E-state index is 0.123. The van der Waals surface area contributed by atoms with E-state index in [-0.39, 0.29) is 6.42 Å². The number of nitrogens with one attached hydrogen (secondary N) is 1. The zero-order chi connectivity index (χ0) is 16.3. The summed E-state index contributed by atoms with van der Waals surface area (Å²) in [5.74, 6) is -2.02. The van der Waals surface area contributed by atoms with Gasteiger partial charge in [0.05, 0.1) is 18.2 Å². The molecule has 0 fully saturated rings. The zero-order valence-corrected chi connectivity index (χ0v) is 11.6. The predicted octanol–water partition coefficient (Wildman–Crippen LogP) is -0.690. The van der Waals surface area contributed by atoms with E-state index in [0.29, 0.717) is 11.1 Å². The van der Waals surface area contributed by atoms with Crippen molar-refractivity contribution in [1.82, 2.24) is 10.0 Å². The molecule has 0 radical (unpaired) electrons. The number of carboxylic acid groups (broad SMARTS) is 1. The molecule has 6 N–H and O–H groups in total. The lowest BCUT2D eigenvalue weighted by Crippen LogP contribution is -2.50. The molecule has 1 unspecified atom stereocenters. The van der Waals surface area contributed by atoms with Crippen LogP contribution in [0.1, 0.15) is 5.56 Å². The second kappa shape index (κ2) is 6.46. The van der Waals surface area contributed by atoms with Crippen LogP contribution < -0.4 is 11.1 Å². The summed E-state index contributed by atoms with van der Waals surface area (Å²) in [6.07, 6.45) is 1.58. The molecule has 1 aromatic heterocycles. The lowest BCUT2D eigenvalue weighted by atomic mass is 10.0. The number of aliphatic hydroxyl groups is 1. The molecular weight excluding hydrogens is 290 g/mol. The van der Waals surface area contributed by atoms with E-state index in [1.54, 1.807) is 24.3 Å². The summed E-state index contributed by atoms with van der Waals surface area (Å²) < 4.78 is 0.947. The van der Waals surface area contributed by atoms with E-state index in [4.69, 9.17) is 15.9 Å². The van der Waals surface area contributed by atoms with Crippen LogP contribution in [0, 0.1) is 0 Å². The van der Waals surface area contributed by atoms with Gasteiger partial charge in [0, 0.05) is 11.6 Å². The summed E-state index contributed by atoms with van der Waals surface area (Å²) in [6.45, 7) is -0.719. The summed E-state index contributed by atoms with van der Waals surface area (Å²) in [6, 6.07) is 4.68. The van der Waals surface area contributed by atoms with E-state index in [0.717, 1.165) is 10.1 Å². The standard InChI is InChI=1S/C14H17N3O5/c15-10(13(19)16-11(7-18)14(20)21)5-8-6-17(22)12-4-2-1-3-9(8)12/h1-4,6,10-11,18,22H,5,7,15H2,(H,16,19)(H,20,21)/t10?,11-/m0/s1. The van der Waals surface area contributed by atoms with Crippen molar-refractivity contribution in [1.29, 1.82) is 0 Å². The van der Waals surface area contributed by atoms with Crippen LogP contribution in [0.5, 0.6) is 0 Å². The van der Waals surface area contributed by atoms with Crippen LogP contribution >= 0.6 is 0 Å². The second-order valence-electron chi connectivity index (χ2n) is 4.91. The fourth-order valence-electron chi connectivity index (χ4n) is 2.19. The van der Waals surface area contributed by atoms with Gasteiger partial charge in [-0.1, -0.05) is 18.2 Å². The Labute approximate surface area is 125 Å². The Morgan fingerprint density at radius 3 is 2.64 bits per heavy atom. The van der Waals surface area contributed by atoms with E-state index < -0.39 is 30.6 Å². The van der Waals surface area contributed by atoms with Gasteiger partial charge in [0.1, 0.15) is 6.04 Å². The number of aromatic nitrogens is 1. The molecule has 1 amide bonds. The smallest absolute Gasteiger partial charge is 0.328 e. The number of carboxylic acids is 1. The van der Waals surface area contributed by atoms with Crippen LogP contribution in [0.4, 0.5) is 0 Å². The normalized spacial score (nSPS) is 13.7. The number of hydrogen-bond acceptors (Lipinski definition) is 5. The summed E-state index contributed by atoms with van der Waals surface area (Å²) in [5, 5.41) is 30.4. The Morgan fingerprint density at radius 1 is 1.32 bits per heavy atom. The molecule has 0 saturated carbocycles. The number of nitrogens with two attached hydrogens (primary N) is 1. The van der Waals surface area contributed by atoms with Gasteiger partial charge in [-0.3, -0.25) is 4.79 Å². The number of fused-ring (bicyclic) bond motifs is 1. The van der Waals surface area contributed by atoms with Crippen molar-refractivity contribution in [2.24, 2.45) is 5.73 Å². The van der Waals surface area contributed by atoms with Gasteiger partial charge in [0.15, 0.2) is 0 Å². The number of benzene rings is 1. The van der Waals surface area contributed by atoms with Gasteiger partial charge < -0.3 is 26.5 Å². The van der Waals surface area contributed by atoms with Gasteiger partial charge in [-0.05, 0) is 18.1 Å². The quantitative estimate of drug-likeness (QED) is 0.448. The number of carbonyl (C=O) groups excluding carboxylic acids is 1. The molecule has 0 aliphatic rings. The van der Waals surface area contributed by atoms with E-state index in [2.05, 4.69) is 5.32 Å². The van der Waals surface area contributed by atoms with Crippen molar-refractivity contribution in [2.75, 3.05) is 6.61 Å². The number of amides is 1. The third-order valence-corrected chi connectivity index (χ3v) is 3.35. The minimum atomic E-state index is -1.39. The van der Waals surface area contributed by atoms with Gasteiger partial charge >= 0.3 is 5.97 Å². The molecular formula is C14H17N3O5. The van der Waals surface area contributed by atoms with E-state index in [1.807, 2.05) is 0 Å². The predicted molar refractivity (Wildman–Crippen MR) is 77.5 cm³/mol. The van der Waals surface area contributed by atoms with Crippen molar-refractivity contribution in [3.8, 4) is 0 Å². The molecule has 22 heavy (non-hydrogen) atoms. The molecule has 2 atom stereocenters. The molecule has 2 rings (SSSR count). The monoisotopic (exact) mass is 307 g/mol. The molecule has 0 aliphatic heterocycles. The van der Waals surface area contributed by atoms with Crippen LogP contribution in [-0.4, -0.2) is 50.7 Å².